The Labute approximate surface area is 93.8 Å². The third-order valence-electron chi connectivity index (χ3n) is 2.07. The highest BCUT2D eigenvalue weighted by atomic mass is 19.1. The summed E-state index contributed by atoms with van der Waals surface area (Å²) >= 11 is 0. The maximum absolute atomic E-state index is 13.1. The quantitative estimate of drug-likeness (QED) is 0.801. The SMILES string of the molecule is COC(=O)Nc1ncc(F)cc1C(C)(C)C. The van der Waals surface area contributed by atoms with Gasteiger partial charge in [-0.25, -0.2) is 14.2 Å². The maximum atomic E-state index is 13.1. The Bertz CT molecular complexity index is 399. The molecule has 1 heterocycles. The van der Waals surface area contributed by atoms with Crippen molar-refractivity contribution in [1.82, 2.24) is 4.98 Å². The summed E-state index contributed by atoms with van der Waals surface area (Å²) in [4.78, 5) is 14.9. The highest BCUT2D eigenvalue weighted by Crippen LogP contribution is 2.28. The Morgan fingerprint density at radius 1 is 1.50 bits per heavy atom. The zero-order valence-electron chi connectivity index (χ0n) is 9.80. The molecular formula is C11H15FN2O2. The minimum absolute atomic E-state index is 0.314. The third kappa shape index (κ3) is 2.92. The molecule has 1 aromatic heterocycles. The zero-order chi connectivity index (χ0) is 12.3. The number of methoxy groups -OCH3 is 1. The molecule has 0 saturated heterocycles. The van der Waals surface area contributed by atoms with Crippen molar-refractivity contribution in [2.24, 2.45) is 0 Å². The fourth-order valence-corrected chi connectivity index (χ4v) is 1.26. The van der Waals surface area contributed by atoms with Gasteiger partial charge in [-0.05, 0) is 11.5 Å². The molecule has 88 valence electrons. The Morgan fingerprint density at radius 3 is 2.62 bits per heavy atom. The van der Waals surface area contributed by atoms with Crippen LogP contribution < -0.4 is 5.32 Å². The number of carbonyl (C=O) groups excluding carboxylic acids is 1. The fraction of sp³-hybridized carbons (Fsp3) is 0.455. The second kappa shape index (κ2) is 4.47. The molecule has 0 bridgehead atoms. The highest BCUT2D eigenvalue weighted by Gasteiger charge is 2.21. The van der Waals surface area contributed by atoms with Gasteiger partial charge in [-0.15, -0.1) is 0 Å². The van der Waals surface area contributed by atoms with E-state index in [1.165, 1.54) is 13.2 Å². The molecule has 0 aromatic carbocycles. The summed E-state index contributed by atoms with van der Waals surface area (Å²) in [5.74, 6) is -0.110. The van der Waals surface area contributed by atoms with Crippen molar-refractivity contribution in [2.75, 3.05) is 12.4 Å². The number of amides is 1. The van der Waals surface area contributed by atoms with E-state index in [0.29, 0.717) is 11.4 Å². The van der Waals surface area contributed by atoms with Gasteiger partial charge in [0.2, 0.25) is 0 Å². The van der Waals surface area contributed by atoms with Crippen LogP contribution in [0.4, 0.5) is 15.0 Å². The molecule has 4 nitrogen and oxygen atoms in total. The number of ether oxygens (including phenoxy) is 1. The molecular weight excluding hydrogens is 211 g/mol. The molecule has 1 amide bonds. The molecule has 0 saturated carbocycles. The molecule has 1 aromatic rings. The van der Waals surface area contributed by atoms with E-state index in [1.807, 2.05) is 20.8 Å². The standard InChI is InChI=1S/C11H15FN2O2/c1-11(2,3)8-5-7(12)6-13-9(8)14-10(15)16-4/h5-6H,1-4H3,(H,13,14,15). The maximum Gasteiger partial charge on any atom is 0.412 e. The summed E-state index contributed by atoms with van der Waals surface area (Å²) in [6.07, 6.45) is 0.435. The molecule has 0 spiro atoms. The summed E-state index contributed by atoms with van der Waals surface area (Å²) in [7, 11) is 1.26. The number of nitrogens with one attached hydrogen (secondary N) is 1. The second-order valence-electron chi connectivity index (χ2n) is 4.42. The van der Waals surface area contributed by atoms with Crippen LogP contribution in [0.15, 0.2) is 12.3 Å². The lowest BCUT2D eigenvalue weighted by Gasteiger charge is -2.21. The average molecular weight is 226 g/mol. The summed E-state index contributed by atoms with van der Waals surface area (Å²) in [6.45, 7) is 5.73. The molecule has 0 unspecified atom stereocenters. The molecule has 5 heteroatoms. The van der Waals surface area contributed by atoms with Crippen LogP contribution in [0, 0.1) is 5.82 Å². The Morgan fingerprint density at radius 2 is 2.12 bits per heavy atom. The first-order valence-electron chi connectivity index (χ1n) is 4.85. The lowest BCUT2D eigenvalue weighted by Crippen LogP contribution is -2.20. The normalized spacial score (nSPS) is 11.1. The minimum atomic E-state index is -0.621. The number of carbonyl (C=O) groups is 1. The van der Waals surface area contributed by atoms with Gasteiger partial charge < -0.3 is 4.74 Å². The van der Waals surface area contributed by atoms with Gasteiger partial charge in [0.1, 0.15) is 11.6 Å². The lowest BCUT2D eigenvalue weighted by molar-refractivity contribution is 0.186. The van der Waals surface area contributed by atoms with Gasteiger partial charge in [0.25, 0.3) is 0 Å². The smallest absolute Gasteiger partial charge is 0.412 e. The third-order valence-corrected chi connectivity index (χ3v) is 2.07. The van der Waals surface area contributed by atoms with Crippen LogP contribution in [-0.4, -0.2) is 18.2 Å². The van der Waals surface area contributed by atoms with Crippen LogP contribution >= 0.6 is 0 Å². The van der Waals surface area contributed by atoms with Crippen LogP contribution in [0.2, 0.25) is 0 Å². The summed E-state index contributed by atoms with van der Waals surface area (Å²) < 4.78 is 17.6. The molecule has 0 fully saturated rings. The van der Waals surface area contributed by atoms with E-state index >= 15 is 0 Å². The van der Waals surface area contributed by atoms with Gasteiger partial charge in [-0.2, -0.15) is 0 Å². The minimum Gasteiger partial charge on any atom is -0.453 e. The fourth-order valence-electron chi connectivity index (χ4n) is 1.26. The van der Waals surface area contributed by atoms with Crippen molar-refractivity contribution >= 4 is 11.9 Å². The first-order valence-corrected chi connectivity index (χ1v) is 4.85. The largest absolute Gasteiger partial charge is 0.453 e. The van der Waals surface area contributed by atoms with Crippen molar-refractivity contribution in [1.29, 1.82) is 0 Å². The Balaban J connectivity index is 3.13. The number of pyridine rings is 1. The number of aromatic nitrogens is 1. The van der Waals surface area contributed by atoms with E-state index in [1.54, 1.807) is 0 Å². The second-order valence-corrected chi connectivity index (χ2v) is 4.42. The number of nitrogens with zero attached hydrogens (tertiary/aromatic N) is 1. The monoisotopic (exact) mass is 226 g/mol. The number of rotatable bonds is 1. The predicted molar refractivity (Wildman–Crippen MR) is 58.9 cm³/mol. The topological polar surface area (TPSA) is 51.2 Å². The van der Waals surface area contributed by atoms with E-state index in [4.69, 9.17) is 0 Å². The van der Waals surface area contributed by atoms with Crippen molar-refractivity contribution in [3.05, 3.63) is 23.6 Å². The van der Waals surface area contributed by atoms with Gasteiger partial charge in [0, 0.05) is 5.56 Å². The van der Waals surface area contributed by atoms with Gasteiger partial charge in [-0.1, -0.05) is 20.8 Å². The summed E-state index contributed by atoms with van der Waals surface area (Å²) in [6, 6.07) is 1.36. The molecule has 0 atom stereocenters. The molecule has 0 aliphatic rings. The van der Waals surface area contributed by atoms with E-state index in [9.17, 15) is 9.18 Å². The van der Waals surface area contributed by atoms with E-state index in [2.05, 4.69) is 15.0 Å². The van der Waals surface area contributed by atoms with Crippen LogP contribution in [-0.2, 0) is 10.2 Å². The molecule has 1 N–H and O–H groups in total. The van der Waals surface area contributed by atoms with Gasteiger partial charge in [0.05, 0.1) is 13.3 Å². The van der Waals surface area contributed by atoms with Crippen molar-refractivity contribution < 1.29 is 13.9 Å². The number of hydrogen-bond donors (Lipinski definition) is 1. The van der Waals surface area contributed by atoms with Gasteiger partial charge >= 0.3 is 6.09 Å². The summed E-state index contributed by atoms with van der Waals surface area (Å²) in [5.41, 5.74) is 0.309. The number of anilines is 1. The predicted octanol–water partition coefficient (Wildman–Crippen LogP) is 2.70. The molecule has 1 rings (SSSR count). The first kappa shape index (κ1) is 12.4. The first-order chi connectivity index (χ1) is 7.34. The van der Waals surface area contributed by atoms with Crippen LogP contribution in [0.25, 0.3) is 0 Å². The van der Waals surface area contributed by atoms with Gasteiger partial charge in [0.15, 0.2) is 0 Å². The lowest BCUT2D eigenvalue weighted by atomic mass is 9.87. The summed E-state index contributed by atoms with van der Waals surface area (Å²) in [5, 5.41) is 2.46. The van der Waals surface area contributed by atoms with Crippen molar-refractivity contribution in [3.63, 3.8) is 0 Å². The van der Waals surface area contributed by atoms with Crippen LogP contribution in [0.5, 0.6) is 0 Å². The zero-order valence-corrected chi connectivity index (χ0v) is 9.80. The number of halogens is 1. The molecule has 0 radical (unpaired) electrons. The van der Waals surface area contributed by atoms with Crippen LogP contribution in [0.3, 0.4) is 0 Å². The Hall–Kier alpha value is -1.65. The van der Waals surface area contributed by atoms with E-state index in [0.717, 1.165) is 6.20 Å². The van der Waals surface area contributed by atoms with Crippen molar-refractivity contribution in [3.8, 4) is 0 Å². The Kier molecular flexibility index (Phi) is 3.47. The average Bonchev–Trinajstić information content (AvgIpc) is 2.19. The molecule has 16 heavy (non-hydrogen) atoms. The molecule has 0 aliphatic heterocycles. The number of hydrogen-bond acceptors (Lipinski definition) is 3. The highest BCUT2D eigenvalue weighted by molar-refractivity contribution is 5.84. The van der Waals surface area contributed by atoms with Crippen molar-refractivity contribution in [2.45, 2.75) is 26.2 Å². The van der Waals surface area contributed by atoms with E-state index < -0.39 is 11.9 Å². The van der Waals surface area contributed by atoms with Gasteiger partial charge in [-0.3, -0.25) is 5.32 Å². The molecule has 0 aliphatic carbocycles. The van der Waals surface area contributed by atoms with Crippen LogP contribution in [0.1, 0.15) is 26.3 Å². The van der Waals surface area contributed by atoms with E-state index in [-0.39, 0.29) is 5.41 Å².